The number of carboxylic acid groups (broad SMARTS) is 1. The first-order chi connectivity index (χ1) is 10.6. The lowest BCUT2D eigenvalue weighted by atomic mass is 10.1. The van der Waals surface area contributed by atoms with E-state index in [4.69, 9.17) is 21.2 Å². The monoisotopic (exact) mass is 322 g/mol. The molecule has 1 aromatic carbocycles. The fourth-order valence-electron chi connectivity index (χ4n) is 2.33. The Bertz CT molecular complexity index is 743. The SMILES string of the molecule is O=C(O)Oc1noc2c1CN(C(=O)c1ccccc1Cl)CC2. The van der Waals surface area contributed by atoms with E-state index in [-0.39, 0.29) is 18.3 Å². The average molecular weight is 323 g/mol. The predicted molar refractivity (Wildman–Crippen MR) is 75.1 cm³/mol. The lowest BCUT2D eigenvalue weighted by molar-refractivity contribution is 0.0728. The zero-order valence-electron chi connectivity index (χ0n) is 11.3. The van der Waals surface area contributed by atoms with Crippen molar-refractivity contribution in [3.05, 3.63) is 46.2 Å². The minimum atomic E-state index is -1.48. The van der Waals surface area contributed by atoms with Gasteiger partial charge in [-0.3, -0.25) is 4.79 Å². The summed E-state index contributed by atoms with van der Waals surface area (Å²) in [6.07, 6.45) is -1.05. The van der Waals surface area contributed by atoms with Crippen LogP contribution in [0.25, 0.3) is 0 Å². The third kappa shape index (κ3) is 2.62. The Labute approximate surface area is 130 Å². The molecule has 22 heavy (non-hydrogen) atoms. The van der Waals surface area contributed by atoms with Crippen LogP contribution in [0.2, 0.25) is 5.02 Å². The first kappa shape index (κ1) is 14.4. The number of hydrogen-bond acceptors (Lipinski definition) is 5. The first-order valence-electron chi connectivity index (χ1n) is 6.48. The summed E-state index contributed by atoms with van der Waals surface area (Å²) in [5, 5.41) is 12.6. The summed E-state index contributed by atoms with van der Waals surface area (Å²) in [6.45, 7) is 0.588. The quantitative estimate of drug-likeness (QED) is 0.854. The van der Waals surface area contributed by atoms with Crippen LogP contribution in [0, 0.1) is 0 Å². The number of nitrogens with zero attached hydrogens (tertiary/aromatic N) is 2. The molecular formula is C14H11ClN2O5. The molecule has 0 spiro atoms. The molecule has 3 rings (SSSR count). The molecule has 0 unspecified atom stereocenters. The largest absolute Gasteiger partial charge is 0.512 e. The number of rotatable bonds is 2. The van der Waals surface area contributed by atoms with Gasteiger partial charge < -0.3 is 19.3 Å². The van der Waals surface area contributed by atoms with Crippen molar-refractivity contribution in [2.24, 2.45) is 0 Å². The smallest absolute Gasteiger partial charge is 0.449 e. The molecule has 1 N–H and O–H groups in total. The average Bonchev–Trinajstić information content (AvgIpc) is 2.89. The van der Waals surface area contributed by atoms with E-state index in [2.05, 4.69) is 9.89 Å². The Hall–Kier alpha value is -2.54. The number of benzene rings is 1. The molecule has 2 heterocycles. The van der Waals surface area contributed by atoms with Gasteiger partial charge in [-0.1, -0.05) is 23.7 Å². The Kier molecular flexibility index (Phi) is 3.72. The number of carbonyl (C=O) groups excluding carboxylic acids is 1. The van der Waals surface area contributed by atoms with Crippen LogP contribution in [0.5, 0.6) is 5.88 Å². The van der Waals surface area contributed by atoms with Crippen molar-refractivity contribution < 1.29 is 24.0 Å². The van der Waals surface area contributed by atoms with Crippen molar-refractivity contribution >= 4 is 23.7 Å². The van der Waals surface area contributed by atoms with Gasteiger partial charge in [-0.05, 0) is 17.3 Å². The van der Waals surface area contributed by atoms with Crippen LogP contribution in [0.3, 0.4) is 0 Å². The minimum absolute atomic E-state index is 0.126. The zero-order valence-corrected chi connectivity index (χ0v) is 12.0. The van der Waals surface area contributed by atoms with Gasteiger partial charge in [-0.15, -0.1) is 0 Å². The van der Waals surface area contributed by atoms with Crippen LogP contribution in [-0.4, -0.2) is 33.8 Å². The Morgan fingerprint density at radius 2 is 2.14 bits per heavy atom. The number of aromatic nitrogens is 1. The van der Waals surface area contributed by atoms with Crippen LogP contribution in [0.4, 0.5) is 4.79 Å². The van der Waals surface area contributed by atoms with E-state index in [1.807, 2.05) is 0 Å². The molecule has 2 aromatic rings. The number of hydrogen-bond donors (Lipinski definition) is 1. The van der Waals surface area contributed by atoms with Crippen molar-refractivity contribution in [1.29, 1.82) is 0 Å². The normalized spacial score (nSPS) is 13.6. The summed E-state index contributed by atoms with van der Waals surface area (Å²) in [5.74, 6) is 0.164. The highest BCUT2D eigenvalue weighted by molar-refractivity contribution is 6.33. The predicted octanol–water partition coefficient (Wildman–Crippen LogP) is 2.58. The molecule has 1 aliphatic heterocycles. The number of halogens is 1. The van der Waals surface area contributed by atoms with E-state index >= 15 is 0 Å². The minimum Gasteiger partial charge on any atom is -0.449 e. The van der Waals surface area contributed by atoms with Crippen LogP contribution in [0.15, 0.2) is 28.8 Å². The molecule has 8 heteroatoms. The Morgan fingerprint density at radius 1 is 1.36 bits per heavy atom. The summed E-state index contributed by atoms with van der Waals surface area (Å²) in [4.78, 5) is 24.7. The molecule has 0 aliphatic carbocycles. The fraction of sp³-hybridized carbons (Fsp3) is 0.214. The molecule has 1 amide bonds. The van der Waals surface area contributed by atoms with Gasteiger partial charge in [0.1, 0.15) is 5.76 Å². The van der Waals surface area contributed by atoms with Gasteiger partial charge in [0, 0.05) is 13.0 Å². The molecule has 0 bridgehead atoms. The van der Waals surface area contributed by atoms with Gasteiger partial charge in [0.25, 0.3) is 11.8 Å². The van der Waals surface area contributed by atoms with Crippen LogP contribution in [0.1, 0.15) is 21.7 Å². The zero-order chi connectivity index (χ0) is 15.7. The van der Waals surface area contributed by atoms with Gasteiger partial charge in [-0.25, -0.2) is 4.79 Å². The van der Waals surface area contributed by atoms with E-state index in [0.29, 0.717) is 34.9 Å². The summed E-state index contributed by atoms with van der Waals surface area (Å²) in [5.41, 5.74) is 0.860. The van der Waals surface area contributed by atoms with Crippen LogP contribution >= 0.6 is 11.6 Å². The molecule has 1 aromatic heterocycles. The van der Waals surface area contributed by atoms with Crippen molar-refractivity contribution in [2.75, 3.05) is 6.54 Å². The van der Waals surface area contributed by atoms with E-state index in [9.17, 15) is 9.59 Å². The maximum absolute atomic E-state index is 12.5. The topological polar surface area (TPSA) is 92.9 Å². The molecule has 1 aliphatic rings. The van der Waals surface area contributed by atoms with Gasteiger partial charge in [0.2, 0.25) is 0 Å². The summed E-state index contributed by atoms with van der Waals surface area (Å²) < 4.78 is 9.60. The van der Waals surface area contributed by atoms with E-state index in [0.717, 1.165) is 0 Å². The molecule has 0 atom stereocenters. The standard InChI is InChI=1S/C14H11ClN2O5/c15-10-4-2-1-3-8(10)13(18)17-6-5-11-9(7-17)12(16-22-11)21-14(19)20/h1-4H,5-7H2,(H,19,20). The lowest BCUT2D eigenvalue weighted by Crippen LogP contribution is -2.35. The highest BCUT2D eigenvalue weighted by Crippen LogP contribution is 2.29. The fourth-order valence-corrected chi connectivity index (χ4v) is 2.54. The lowest BCUT2D eigenvalue weighted by Gasteiger charge is -2.26. The van der Waals surface area contributed by atoms with Crippen molar-refractivity contribution in [2.45, 2.75) is 13.0 Å². The number of carbonyl (C=O) groups is 2. The highest BCUT2D eigenvalue weighted by Gasteiger charge is 2.29. The van der Waals surface area contributed by atoms with Gasteiger partial charge >= 0.3 is 6.16 Å². The van der Waals surface area contributed by atoms with Gasteiger partial charge in [-0.2, -0.15) is 0 Å². The highest BCUT2D eigenvalue weighted by atomic mass is 35.5. The Morgan fingerprint density at radius 3 is 2.86 bits per heavy atom. The molecule has 0 saturated carbocycles. The van der Waals surface area contributed by atoms with Crippen LogP contribution in [-0.2, 0) is 13.0 Å². The summed E-state index contributed by atoms with van der Waals surface area (Å²) in [7, 11) is 0. The molecule has 0 fully saturated rings. The Balaban J connectivity index is 1.85. The first-order valence-corrected chi connectivity index (χ1v) is 6.86. The second-order valence-corrected chi connectivity index (χ2v) is 5.12. The van der Waals surface area contributed by atoms with Crippen molar-refractivity contribution in [1.82, 2.24) is 10.1 Å². The number of fused-ring (bicyclic) bond motifs is 1. The molecule has 0 radical (unpaired) electrons. The molecular weight excluding hydrogens is 312 g/mol. The van der Waals surface area contributed by atoms with Crippen LogP contribution < -0.4 is 4.74 Å². The third-order valence-corrected chi connectivity index (χ3v) is 3.70. The maximum atomic E-state index is 12.5. The van der Waals surface area contributed by atoms with E-state index in [1.54, 1.807) is 29.2 Å². The second-order valence-electron chi connectivity index (χ2n) is 4.71. The maximum Gasteiger partial charge on any atom is 0.512 e. The molecule has 114 valence electrons. The summed E-state index contributed by atoms with van der Waals surface area (Å²) >= 11 is 6.04. The van der Waals surface area contributed by atoms with Crippen molar-refractivity contribution in [3.63, 3.8) is 0 Å². The van der Waals surface area contributed by atoms with E-state index in [1.165, 1.54) is 0 Å². The second kappa shape index (κ2) is 5.69. The van der Waals surface area contributed by atoms with Gasteiger partial charge in [0.15, 0.2) is 0 Å². The summed E-state index contributed by atoms with van der Waals surface area (Å²) in [6, 6.07) is 6.75. The number of ether oxygens (including phenoxy) is 1. The van der Waals surface area contributed by atoms with Crippen molar-refractivity contribution in [3.8, 4) is 5.88 Å². The number of amides is 1. The van der Waals surface area contributed by atoms with Gasteiger partial charge in [0.05, 0.1) is 22.7 Å². The molecule has 7 nitrogen and oxygen atoms in total. The van der Waals surface area contributed by atoms with E-state index < -0.39 is 6.16 Å². The third-order valence-electron chi connectivity index (χ3n) is 3.37. The molecule has 0 saturated heterocycles.